The normalized spacial score (nSPS) is 10.6. The summed E-state index contributed by atoms with van der Waals surface area (Å²) >= 11 is 0. The maximum atomic E-state index is 11.1. The van der Waals surface area contributed by atoms with Gasteiger partial charge in [0.2, 0.25) is 0 Å². The molecule has 0 amide bonds. The minimum absolute atomic E-state index is 0.534. The first-order chi connectivity index (χ1) is 10.3. The van der Waals surface area contributed by atoms with E-state index in [1.54, 1.807) is 20.3 Å². The second-order valence-corrected chi connectivity index (χ2v) is 4.68. The summed E-state index contributed by atoms with van der Waals surface area (Å²) in [7, 11) is 3.21. The number of fused-ring (bicyclic) bond motifs is 1. The summed E-state index contributed by atoms with van der Waals surface area (Å²) in [6.07, 6.45) is 0.800. The highest BCUT2D eigenvalue weighted by atomic mass is 16.5. The zero-order valence-electron chi connectivity index (χ0n) is 11.8. The Morgan fingerprint density at radius 1 is 1.05 bits per heavy atom. The zero-order chi connectivity index (χ0) is 14.8. The van der Waals surface area contributed by atoms with E-state index in [2.05, 4.69) is 4.98 Å². The number of carbonyl (C=O) groups is 1. The van der Waals surface area contributed by atoms with E-state index in [0.29, 0.717) is 11.3 Å². The quantitative estimate of drug-likeness (QED) is 0.742. The Hall–Kier alpha value is -2.75. The van der Waals surface area contributed by atoms with E-state index in [1.807, 2.05) is 36.4 Å². The Labute approximate surface area is 122 Å². The third-order valence-electron chi connectivity index (χ3n) is 3.49. The molecule has 4 heteroatoms. The van der Waals surface area contributed by atoms with Crippen LogP contribution in [0.2, 0.25) is 0 Å². The van der Waals surface area contributed by atoms with Gasteiger partial charge < -0.3 is 14.5 Å². The molecule has 106 valence electrons. The number of carbonyl (C=O) groups excluding carboxylic acids is 1. The number of aldehydes is 1. The second-order valence-electron chi connectivity index (χ2n) is 4.68. The monoisotopic (exact) mass is 281 g/mol. The Balaban J connectivity index is 2.18. The molecule has 3 aromatic rings. The number of para-hydroxylation sites is 1. The lowest BCUT2D eigenvalue weighted by Gasteiger charge is -2.08. The van der Waals surface area contributed by atoms with Crippen LogP contribution in [0.5, 0.6) is 11.5 Å². The molecule has 0 bridgehead atoms. The van der Waals surface area contributed by atoms with Gasteiger partial charge in [-0.15, -0.1) is 0 Å². The molecule has 0 fully saturated rings. The van der Waals surface area contributed by atoms with Crippen molar-refractivity contribution in [1.82, 2.24) is 4.98 Å². The van der Waals surface area contributed by atoms with Crippen LogP contribution in [0.1, 0.15) is 10.4 Å². The van der Waals surface area contributed by atoms with Gasteiger partial charge in [0, 0.05) is 16.5 Å². The van der Waals surface area contributed by atoms with Crippen LogP contribution in [0, 0.1) is 0 Å². The molecule has 0 saturated carbocycles. The van der Waals surface area contributed by atoms with Crippen molar-refractivity contribution >= 4 is 17.2 Å². The highest BCUT2D eigenvalue weighted by Crippen LogP contribution is 2.34. The molecule has 0 atom stereocenters. The highest BCUT2D eigenvalue weighted by Gasteiger charge is 2.12. The fraction of sp³-hybridized carbons (Fsp3) is 0.118. The van der Waals surface area contributed by atoms with Crippen LogP contribution < -0.4 is 9.47 Å². The zero-order valence-corrected chi connectivity index (χ0v) is 11.8. The fourth-order valence-electron chi connectivity index (χ4n) is 2.47. The summed E-state index contributed by atoms with van der Waals surface area (Å²) in [5.74, 6) is 1.38. The van der Waals surface area contributed by atoms with Gasteiger partial charge in [0.25, 0.3) is 0 Å². The SMILES string of the molecule is COc1ccc2[nH]c(-c3cccc(C=O)c3OC)cc2c1. The van der Waals surface area contributed by atoms with Crippen molar-refractivity contribution < 1.29 is 14.3 Å². The third-order valence-corrected chi connectivity index (χ3v) is 3.49. The van der Waals surface area contributed by atoms with Crippen molar-refractivity contribution in [3.8, 4) is 22.8 Å². The Morgan fingerprint density at radius 3 is 2.62 bits per heavy atom. The molecule has 0 aliphatic rings. The number of aromatic nitrogens is 1. The number of hydrogen-bond acceptors (Lipinski definition) is 3. The van der Waals surface area contributed by atoms with E-state index in [9.17, 15) is 4.79 Å². The first-order valence-electron chi connectivity index (χ1n) is 6.56. The minimum atomic E-state index is 0.534. The van der Waals surface area contributed by atoms with Gasteiger partial charge in [-0.3, -0.25) is 4.79 Å². The summed E-state index contributed by atoms with van der Waals surface area (Å²) in [6.45, 7) is 0. The Morgan fingerprint density at radius 2 is 1.90 bits per heavy atom. The van der Waals surface area contributed by atoms with Gasteiger partial charge in [-0.05, 0) is 36.4 Å². The van der Waals surface area contributed by atoms with E-state index >= 15 is 0 Å². The van der Waals surface area contributed by atoms with Crippen LogP contribution in [0.25, 0.3) is 22.2 Å². The highest BCUT2D eigenvalue weighted by molar-refractivity contribution is 5.91. The van der Waals surface area contributed by atoms with Crippen LogP contribution in [0.15, 0.2) is 42.5 Å². The van der Waals surface area contributed by atoms with Crippen molar-refractivity contribution in [2.45, 2.75) is 0 Å². The smallest absolute Gasteiger partial charge is 0.153 e. The lowest BCUT2D eigenvalue weighted by molar-refractivity contribution is 0.112. The van der Waals surface area contributed by atoms with Crippen LogP contribution in [-0.2, 0) is 0 Å². The number of nitrogens with one attached hydrogen (secondary N) is 1. The molecular weight excluding hydrogens is 266 g/mol. The summed E-state index contributed by atoms with van der Waals surface area (Å²) < 4.78 is 10.6. The maximum Gasteiger partial charge on any atom is 0.153 e. The molecule has 0 aliphatic carbocycles. The van der Waals surface area contributed by atoms with E-state index < -0.39 is 0 Å². The summed E-state index contributed by atoms with van der Waals surface area (Å²) in [4.78, 5) is 14.5. The van der Waals surface area contributed by atoms with E-state index in [-0.39, 0.29) is 0 Å². The standard InChI is InChI=1S/C17H15NO3/c1-20-13-6-7-15-12(8-13)9-16(18-15)14-5-3-4-11(10-19)17(14)21-2/h3-10,18H,1-2H3. The predicted octanol–water partition coefficient (Wildman–Crippen LogP) is 3.66. The number of rotatable bonds is 4. The molecule has 2 aromatic carbocycles. The topological polar surface area (TPSA) is 51.3 Å². The average Bonchev–Trinajstić information content (AvgIpc) is 2.96. The molecule has 1 aromatic heterocycles. The minimum Gasteiger partial charge on any atom is -0.497 e. The first kappa shape index (κ1) is 13.2. The lowest BCUT2D eigenvalue weighted by Crippen LogP contribution is -1.93. The van der Waals surface area contributed by atoms with Crippen LogP contribution in [-0.4, -0.2) is 25.5 Å². The van der Waals surface area contributed by atoms with Crippen LogP contribution in [0.4, 0.5) is 0 Å². The van der Waals surface area contributed by atoms with Crippen molar-refractivity contribution in [3.05, 3.63) is 48.0 Å². The van der Waals surface area contributed by atoms with Gasteiger partial charge in [-0.25, -0.2) is 0 Å². The fourth-order valence-corrected chi connectivity index (χ4v) is 2.47. The number of hydrogen-bond donors (Lipinski definition) is 1. The molecule has 21 heavy (non-hydrogen) atoms. The molecule has 0 unspecified atom stereocenters. The lowest BCUT2D eigenvalue weighted by atomic mass is 10.1. The molecule has 0 saturated heterocycles. The predicted molar refractivity (Wildman–Crippen MR) is 82.2 cm³/mol. The van der Waals surface area contributed by atoms with Gasteiger partial charge in [0.1, 0.15) is 11.5 Å². The van der Waals surface area contributed by atoms with Crippen molar-refractivity contribution in [2.24, 2.45) is 0 Å². The van der Waals surface area contributed by atoms with Gasteiger partial charge in [-0.2, -0.15) is 0 Å². The molecule has 4 nitrogen and oxygen atoms in total. The van der Waals surface area contributed by atoms with Gasteiger partial charge in [0.15, 0.2) is 6.29 Å². The summed E-state index contributed by atoms with van der Waals surface area (Å²) in [5.41, 5.74) is 3.30. The largest absolute Gasteiger partial charge is 0.497 e. The number of benzene rings is 2. The molecule has 0 radical (unpaired) electrons. The number of aromatic amines is 1. The van der Waals surface area contributed by atoms with E-state index in [4.69, 9.17) is 9.47 Å². The number of methoxy groups -OCH3 is 2. The van der Waals surface area contributed by atoms with E-state index in [0.717, 1.165) is 34.2 Å². The van der Waals surface area contributed by atoms with Crippen LogP contribution >= 0.6 is 0 Å². The average molecular weight is 281 g/mol. The molecular formula is C17H15NO3. The van der Waals surface area contributed by atoms with Crippen molar-refractivity contribution in [1.29, 1.82) is 0 Å². The molecule has 1 heterocycles. The second kappa shape index (κ2) is 5.32. The Bertz CT molecular complexity index is 805. The van der Waals surface area contributed by atoms with Gasteiger partial charge in [-0.1, -0.05) is 6.07 Å². The molecule has 0 spiro atoms. The van der Waals surface area contributed by atoms with Gasteiger partial charge >= 0.3 is 0 Å². The molecule has 0 aliphatic heterocycles. The number of H-pyrrole nitrogens is 1. The number of ether oxygens (including phenoxy) is 2. The van der Waals surface area contributed by atoms with Gasteiger partial charge in [0.05, 0.1) is 25.5 Å². The van der Waals surface area contributed by atoms with Crippen LogP contribution in [0.3, 0.4) is 0 Å². The van der Waals surface area contributed by atoms with E-state index in [1.165, 1.54) is 0 Å². The molecule has 3 rings (SSSR count). The maximum absolute atomic E-state index is 11.1. The third kappa shape index (κ3) is 2.25. The molecule has 1 N–H and O–H groups in total. The first-order valence-corrected chi connectivity index (χ1v) is 6.56. The summed E-state index contributed by atoms with van der Waals surface area (Å²) in [6, 6.07) is 13.4. The summed E-state index contributed by atoms with van der Waals surface area (Å²) in [5, 5.41) is 1.04. The van der Waals surface area contributed by atoms with Crippen molar-refractivity contribution in [2.75, 3.05) is 14.2 Å². The Kier molecular flexibility index (Phi) is 3.36. The van der Waals surface area contributed by atoms with Crippen molar-refractivity contribution in [3.63, 3.8) is 0 Å².